The van der Waals surface area contributed by atoms with Crippen LogP contribution >= 0.6 is 11.6 Å². The first-order chi connectivity index (χ1) is 12.4. The zero-order chi connectivity index (χ0) is 18.8. The second-order valence-electron chi connectivity index (χ2n) is 6.05. The Kier molecular flexibility index (Phi) is 4.90. The van der Waals surface area contributed by atoms with Gasteiger partial charge in [0.25, 0.3) is 5.69 Å². The molecule has 0 spiro atoms. The molecule has 1 atom stereocenters. The minimum atomic E-state index is -0.558. The molecule has 2 aromatic rings. The predicted octanol–water partition coefficient (Wildman–Crippen LogP) is 3.55. The average molecular weight is 374 g/mol. The summed E-state index contributed by atoms with van der Waals surface area (Å²) in [5.74, 6) is -1.09. The summed E-state index contributed by atoms with van der Waals surface area (Å²) in [5, 5.41) is 14.2. The second kappa shape index (κ2) is 7.13. The van der Waals surface area contributed by atoms with Crippen LogP contribution in [0.4, 0.5) is 17.1 Å². The van der Waals surface area contributed by atoms with Crippen LogP contribution in [0, 0.1) is 23.0 Å². The van der Waals surface area contributed by atoms with Crippen molar-refractivity contribution in [2.75, 3.05) is 16.8 Å². The zero-order valence-corrected chi connectivity index (χ0v) is 14.7. The largest absolute Gasteiger partial charge is 0.325 e. The first-order valence-electron chi connectivity index (χ1n) is 7.98. The molecule has 7 nitrogen and oxygen atoms in total. The van der Waals surface area contributed by atoms with Crippen LogP contribution < -0.4 is 10.2 Å². The monoisotopic (exact) mass is 373 g/mol. The molecule has 1 aliphatic rings. The summed E-state index contributed by atoms with van der Waals surface area (Å²) in [6.45, 7) is 1.78. The minimum Gasteiger partial charge on any atom is -0.325 e. The van der Waals surface area contributed by atoms with Crippen LogP contribution in [0.2, 0.25) is 5.02 Å². The highest BCUT2D eigenvalue weighted by atomic mass is 35.5. The number of anilines is 2. The van der Waals surface area contributed by atoms with Crippen molar-refractivity contribution in [3.63, 3.8) is 0 Å². The molecular weight excluding hydrogens is 358 g/mol. The predicted molar refractivity (Wildman–Crippen MR) is 98.4 cm³/mol. The van der Waals surface area contributed by atoms with Gasteiger partial charge in [0.05, 0.1) is 32.8 Å². The van der Waals surface area contributed by atoms with Crippen LogP contribution in [-0.2, 0) is 9.59 Å². The highest BCUT2D eigenvalue weighted by Crippen LogP contribution is 2.32. The molecule has 0 radical (unpaired) electrons. The molecule has 3 rings (SSSR count). The maximum absolute atomic E-state index is 12.6. The summed E-state index contributed by atoms with van der Waals surface area (Å²) in [7, 11) is 0. The highest BCUT2D eigenvalue weighted by Gasteiger charge is 2.36. The number of carbonyl (C=O) groups excluding carboxylic acids is 2. The number of nitrogens with zero attached hydrogens (tertiary/aromatic N) is 2. The van der Waals surface area contributed by atoms with Crippen LogP contribution in [-0.4, -0.2) is 23.3 Å². The quantitative estimate of drug-likeness (QED) is 0.655. The van der Waals surface area contributed by atoms with E-state index in [4.69, 9.17) is 11.6 Å². The maximum Gasteiger partial charge on any atom is 0.274 e. The third-order valence-electron chi connectivity index (χ3n) is 4.40. The summed E-state index contributed by atoms with van der Waals surface area (Å²) in [6.07, 6.45) is 0.0605. The van der Waals surface area contributed by atoms with Gasteiger partial charge in [-0.05, 0) is 25.1 Å². The van der Waals surface area contributed by atoms with Crippen molar-refractivity contribution in [2.45, 2.75) is 13.3 Å². The van der Waals surface area contributed by atoms with Gasteiger partial charge in [0.1, 0.15) is 0 Å². The van der Waals surface area contributed by atoms with E-state index in [2.05, 4.69) is 5.32 Å². The molecule has 0 bridgehead atoms. The van der Waals surface area contributed by atoms with E-state index in [1.54, 1.807) is 37.3 Å². The Morgan fingerprint density at radius 3 is 2.69 bits per heavy atom. The number of nitro benzene ring substituents is 1. The Bertz CT molecular complexity index is 900. The Labute approximate surface area is 154 Å². The number of halogens is 1. The molecule has 0 unspecified atom stereocenters. The number of nitrogens with one attached hydrogen (secondary N) is 1. The van der Waals surface area contributed by atoms with Gasteiger partial charge in [-0.2, -0.15) is 0 Å². The van der Waals surface area contributed by atoms with Crippen molar-refractivity contribution in [2.24, 2.45) is 5.92 Å². The van der Waals surface area contributed by atoms with E-state index in [0.717, 1.165) is 0 Å². The molecule has 134 valence electrons. The number of hydrogen-bond donors (Lipinski definition) is 1. The van der Waals surface area contributed by atoms with E-state index in [9.17, 15) is 19.7 Å². The van der Waals surface area contributed by atoms with Crippen molar-refractivity contribution in [3.8, 4) is 0 Å². The third-order valence-corrected chi connectivity index (χ3v) is 4.72. The molecule has 2 aromatic carbocycles. The van der Waals surface area contributed by atoms with Gasteiger partial charge in [-0.15, -0.1) is 0 Å². The van der Waals surface area contributed by atoms with Crippen LogP contribution in [0.3, 0.4) is 0 Å². The van der Waals surface area contributed by atoms with Crippen LogP contribution in [0.5, 0.6) is 0 Å². The van der Waals surface area contributed by atoms with Gasteiger partial charge in [-0.25, -0.2) is 0 Å². The lowest BCUT2D eigenvalue weighted by molar-refractivity contribution is -0.385. The lowest BCUT2D eigenvalue weighted by Crippen LogP contribution is -2.28. The molecule has 8 heteroatoms. The number of benzene rings is 2. The molecule has 1 N–H and O–H groups in total. The normalized spacial score (nSPS) is 16.6. The van der Waals surface area contributed by atoms with Crippen LogP contribution in [0.1, 0.15) is 12.0 Å². The number of carbonyl (C=O) groups is 2. The van der Waals surface area contributed by atoms with Crippen LogP contribution in [0.25, 0.3) is 0 Å². The summed E-state index contributed by atoms with van der Waals surface area (Å²) in [6, 6.07) is 11.4. The minimum absolute atomic E-state index is 0.0605. The Morgan fingerprint density at radius 1 is 1.27 bits per heavy atom. The van der Waals surface area contributed by atoms with Gasteiger partial charge in [-0.1, -0.05) is 29.8 Å². The summed E-state index contributed by atoms with van der Waals surface area (Å²) >= 11 is 6.14. The molecule has 2 amide bonds. The average Bonchev–Trinajstić information content (AvgIpc) is 2.98. The smallest absolute Gasteiger partial charge is 0.274 e. The fraction of sp³-hybridized carbons (Fsp3) is 0.222. The van der Waals surface area contributed by atoms with E-state index >= 15 is 0 Å². The van der Waals surface area contributed by atoms with Crippen molar-refractivity contribution < 1.29 is 14.5 Å². The lowest BCUT2D eigenvalue weighted by atomic mass is 10.1. The van der Waals surface area contributed by atoms with Crippen molar-refractivity contribution in [1.82, 2.24) is 0 Å². The topological polar surface area (TPSA) is 92.6 Å². The molecule has 1 heterocycles. The fourth-order valence-corrected chi connectivity index (χ4v) is 3.22. The van der Waals surface area contributed by atoms with E-state index in [1.807, 2.05) is 0 Å². The van der Waals surface area contributed by atoms with Crippen molar-refractivity contribution in [1.29, 1.82) is 0 Å². The first kappa shape index (κ1) is 17.9. The lowest BCUT2D eigenvalue weighted by Gasteiger charge is -2.18. The molecule has 0 aromatic heterocycles. The van der Waals surface area contributed by atoms with Gasteiger partial charge in [0.15, 0.2) is 0 Å². The molecule has 0 saturated carbocycles. The molecule has 1 aliphatic heterocycles. The fourth-order valence-electron chi connectivity index (χ4n) is 2.98. The third kappa shape index (κ3) is 3.39. The molecule has 0 aliphatic carbocycles. The van der Waals surface area contributed by atoms with Gasteiger partial charge in [-0.3, -0.25) is 19.7 Å². The first-order valence-corrected chi connectivity index (χ1v) is 8.36. The SMILES string of the molecule is Cc1c(NC(=O)[C@H]2CC(=O)N(c3ccccc3Cl)C2)cccc1[N+](=O)[O-]. The summed E-state index contributed by atoms with van der Waals surface area (Å²) in [4.78, 5) is 36.9. The van der Waals surface area contributed by atoms with Crippen molar-refractivity contribution in [3.05, 3.63) is 63.2 Å². The number of para-hydroxylation sites is 1. The van der Waals surface area contributed by atoms with Gasteiger partial charge in [0, 0.05) is 19.0 Å². The van der Waals surface area contributed by atoms with E-state index < -0.39 is 10.8 Å². The van der Waals surface area contributed by atoms with Gasteiger partial charge < -0.3 is 10.2 Å². The molecular formula is C18H16ClN3O4. The standard InChI is InChI=1S/C18H16ClN3O4/c1-11-14(6-4-8-15(11)22(25)26)20-18(24)12-9-17(23)21(10-12)16-7-3-2-5-13(16)19/h2-8,12H,9-10H2,1H3,(H,20,24)/t12-/m0/s1. The molecule has 1 fully saturated rings. The van der Waals surface area contributed by atoms with Gasteiger partial charge >= 0.3 is 0 Å². The zero-order valence-electron chi connectivity index (χ0n) is 13.9. The number of hydrogen-bond acceptors (Lipinski definition) is 4. The Balaban J connectivity index is 1.76. The van der Waals surface area contributed by atoms with Gasteiger partial charge in [0.2, 0.25) is 11.8 Å². The van der Waals surface area contributed by atoms with E-state index in [1.165, 1.54) is 17.0 Å². The number of rotatable bonds is 4. The number of nitro groups is 1. The molecule has 1 saturated heterocycles. The van der Waals surface area contributed by atoms with E-state index in [0.29, 0.717) is 22.0 Å². The Hall–Kier alpha value is -2.93. The summed E-state index contributed by atoms with van der Waals surface area (Å²) in [5.41, 5.74) is 1.25. The van der Waals surface area contributed by atoms with E-state index in [-0.39, 0.29) is 30.5 Å². The van der Waals surface area contributed by atoms with Crippen molar-refractivity contribution >= 4 is 40.5 Å². The van der Waals surface area contributed by atoms with Crippen LogP contribution in [0.15, 0.2) is 42.5 Å². The molecule has 26 heavy (non-hydrogen) atoms. The maximum atomic E-state index is 12.6. The Morgan fingerprint density at radius 2 is 2.00 bits per heavy atom. The summed E-state index contributed by atoms with van der Waals surface area (Å²) < 4.78 is 0. The second-order valence-corrected chi connectivity index (χ2v) is 6.46. The number of amides is 2. The highest BCUT2D eigenvalue weighted by molar-refractivity contribution is 6.33.